The third-order valence-electron chi connectivity index (χ3n) is 4.28. The highest BCUT2D eigenvalue weighted by atomic mass is 32.2. The van der Waals surface area contributed by atoms with Crippen molar-refractivity contribution in [2.24, 2.45) is 0 Å². The minimum absolute atomic E-state index is 0.00516. The number of hydroxylamine groups is 1. The average molecular weight is 474 g/mol. The molecule has 32 heavy (non-hydrogen) atoms. The lowest BCUT2D eigenvalue weighted by Gasteiger charge is -2.21. The van der Waals surface area contributed by atoms with E-state index in [0.29, 0.717) is 5.13 Å². The quantitative estimate of drug-likeness (QED) is 0.366. The van der Waals surface area contributed by atoms with E-state index >= 15 is 0 Å². The number of anilines is 1. The van der Waals surface area contributed by atoms with Gasteiger partial charge in [-0.25, -0.2) is 0 Å². The molecule has 1 aromatic heterocycles. The van der Waals surface area contributed by atoms with E-state index in [2.05, 4.69) is 27.9 Å². The van der Waals surface area contributed by atoms with Gasteiger partial charge in [-0.05, 0) is 66.2 Å². The first-order chi connectivity index (χ1) is 14.6. The molecular weight excluding hydrogens is 441 g/mol. The standard InChI is InChI=1S/C22H31F3N4O2S/c1-8-9-12-32-18(20(2,3)4)27-28-19(32)26-17(30)15-13-14(22(23,24)25)10-11-16(15)31-29-21(5,6)7/h10-11,13,29H,8-9,12H2,1-7H3/p+1. The van der Waals surface area contributed by atoms with Crippen LogP contribution >= 0.6 is 10.5 Å². The van der Waals surface area contributed by atoms with Gasteiger partial charge in [0, 0.05) is 16.0 Å². The third-order valence-corrected chi connectivity index (χ3v) is 6.79. The van der Waals surface area contributed by atoms with E-state index in [-0.39, 0.29) is 16.7 Å². The summed E-state index contributed by atoms with van der Waals surface area (Å²) in [5.74, 6) is 0.0396. The molecule has 0 radical (unpaired) electrons. The number of carbonyl (C=O) groups is 1. The van der Waals surface area contributed by atoms with Crippen LogP contribution in [0.2, 0.25) is 0 Å². The van der Waals surface area contributed by atoms with Gasteiger partial charge in [-0.15, -0.1) is 0 Å². The minimum Gasteiger partial charge on any atom is -0.407 e. The molecule has 0 aliphatic heterocycles. The highest BCUT2D eigenvalue weighted by molar-refractivity contribution is 7.34. The lowest BCUT2D eigenvalue weighted by Crippen LogP contribution is -2.38. The molecule has 0 saturated carbocycles. The fraction of sp³-hybridized carbons (Fsp3) is 0.591. The molecule has 0 bridgehead atoms. The molecule has 1 heterocycles. The number of nitrogens with one attached hydrogen (secondary N) is 2. The molecule has 0 spiro atoms. The van der Waals surface area contributed by atoms with Crippen LogP contribution in [0.5, 0.6) is 5.75 Å². The topological polar surface area (TPSA) is 76.1 Å². The normalized spacial score (nSPS) is 13.2. The van der Waals surface area contributed by atoms with E-state index in [1.165, 1.54) is 0 Å². The Hall–Kier alpha value is -2.20. The van der Waals surface area contributed by atoms with Crippen molar-refractivity contribution in [2.75, 3.05) is 5.32 Å². The van der Waals surface area contributed by atoms with Crippen LogP contribution in [0.1, 0.15) is 82.2 Å². The summed E-state index contributed by atoms with van der Waals surface area (Å²) in [5, 5.41) is 12.4. The average Bonchev–Trinajstić information content (AvgIpc) is 3.05. The van der Waals surface area contributed by atoms with Crippen LogP contribution in [0.15, 0.2) is 18.2 Å². The summed E-state index contributed by atoms with van der Waals surface area (Å²) in [4.78, 5) is 18.6. The summed E-state index contributed by atoms with van der Waals surface area (Å²) in [6.45, 7) is 13.6. The number of hydrogen-bond donors (Lipinski definition) is 2. The fourth-order valence-electron chi connectivity index (χ4n) is 2.71. The van der Waals surface area contributed by atoms with Crippen molar-refractivity contribution >= 4 is 21.5 Å². The van der Waals surface area contributed by atoms with Gasteiger partial charge in [0.25, 0.3) is 10.9 Å². The number of unbranched alkanes of at least 4 members (excludes halogenated alkanes) is 1. The van der Waals surface area contributed by atoms with E-state index in [1.807, 2.05) is 41.5 Å². The number of halogens is 3. The smallest absolute Gasteiger partial charge is 0.407 e. The number of rotatable bonds is 7. The molecule has 2 N–H and O–H groups in total. The van der Waals surface area contributed by atoms with Gasteiger partial charge < -0.3 is 4.84 Å². The highest BCUT2D eigenvalue weighted by Gasteiger charge is 2.36. The number of benzene rings is 1. The van der Waals surface area contributed by atoms with Crippen molar-refractivity contribution < 1.29 is 22.8 Å². The van der Waals surface area contributed by atoms with Crippen LogP contribution in [0.25, 0.3) is 0 Å². The highest BCUT2D eigenvalue weighted by Crippen LogP contribution is 2.41. The van der Waals surface area contributed by atoms with E-state index < -0.39 is 33.7 Å². The molecule has 0 aliphatic rings. The monoisotopic (exact) mass is 473 g/mol. The molecule has 2 rings (SSSR count). The zero-order valence-corrected chi connectivity index (χ0v) is 20.4. The summed E-state index contributed by atoms with van der Waals surface area (Å²) >= 11 is 0. The third kappa shape index (κ3) is 6.90. The summed E-state index contributed by atoms with van der Waals surface area (Å²) in [5.41, 5.74) is 0.848. The number of carbonyl (C=O) groups excluding carboxylic acids is 1. The molecule has 1 atom stereocenters. The molecule has 178 valence electrons. The summed E-state index contributed by atoms with van der Waals surface area (Å²) in [7, 11) is -0.524. The summed E-state index contributed by atoms with van der Waals surface area (Å²) in [6, 6.07) is 2.82. The number of nitrogens with zero attached hydrogens (tertiary/aromatic N) is 2. The fourth-order valence-corrected chi connectivity index (χ4v) is 5.10. The van der Waals surface area contributed by atoms with E-state index in [9.17, 15) is 18.0 Å². The maximum Gasteiger partial charge on any atom is 0.416 e. The van der Waals surface area contributed by atoms with E-state index in [1.54, 1.807) is 0 Å². The minimum atomic E-state index is -4.59. The van der Waals surface area contributed by atoms with E-state index in [0.717, 1.165) is 41.8 Å². The zero-order chi connectivity index (χ0) is 24.3. The Balaban J connectivity index is 2.44. The molecule has 2 aromatic rings. The van der Waals surface area contributed by atoms with Crippen molar-refractivity contribution in [1.29, 1.82) is 0 Å². The van der Waals surface area contributed by atoms with Crippen molar-refractivity contribution in [3.05, 3.63) is 34.3 Å². The van der Waals surface area contributed by atoms with Crippen LogP contribution in [0.3, 0.4) is 0 Å². The molecule has 0 aliphatic carbocycles. The van der Waals surface area contributed by atoms with Gasteiger partial charge in [0.1, 0.15) is 5.75 Å². The van der Waals surface area contributed by atoms with Gasteiger partial charge in [-0.1, -0.05) is 23.5 Å². The molecule has 0 saturated heterocycles. The molecular formula is C22H32F3N4O2S+. The molecule has 1 aromatic carbocycles. The van der Waals surface area contributed by atoms with Crippen LogP contribution in [-0.4, -0.2) is 21.6 Å². The lowest BCUT2D eigenvalue weighted by molar-refractivity contribution is -0.137. The Morgan fingerprint density at radius 2 is 1.75 bits per heavy atom. The lowest BCUT2D eigenvalue weighted by atomic mass is 9.98. The number of hydrogen-bond acceptors (Lipinski definition) is 5. The maximum atomic E-state index is 13.3. The largest absolute Gasteiger partial charge is 0.416 e. The Morgan fingerprint density at radius 1 is 1.09 bits per heavy atom. The van der Waals surface area contributed by atoms with Gasteiger partial charge in [0.2, 0.25) is 0 Å². The predicted octanol–water partition coefficient (Wildman–Crippen LogP) is 6.28. The maximum absolute atomic E-state index is 13.3. The second-order valence-electron chi connectivity index (χ2n) is 9.63. The Morgan fingerprint density at radius 3 is 2.28 bits per heavy atom. The Kier molecular flexibility index (Phi) is 7.93. The van der Waals surface area contributed by atoms with E-state index in [4.69, 9.17) is 4.84 Å². The molecule has 10 heteroatoms. The summed E-state index contributed by atoms with van der Waals surface area (Å²) in [6.07, 6.45) is -2.71. The second kappa shape index (κ2) is 9.74. The first-order valence-electron chi connectivity index (χ1n) is 10.5. The number of alkyl halides is 3. The van der Waals surface area contributed by atoms with Crippen molar-refractivity contribution in [3.63, 3.8) is 0 Å². The Labute approximate surface area is 189 Å². The second-order valence-corrected chi connectivity index (χ2v) is 11.6. The zero-order valence-electron chi connectivity index (χ0n) is 19.6. The van der Waals surface area contributed by atoms with Crippen molar-refractivity contribution in [1.82, 2.24) is 15.7 Å². The van der Waals surface area contributed by atoms with Crippen molar-refractivity contribution in [2.45, 2.75) is 84.2 Å². The van der Waals surface area contributed by atoms with Gasteiger partial charge in [-0.2, -0.15) is 18.7 Å². The molecule has 1 unspecified atom stereocenters. The Bertz CT molecular complexity index is 944. The first kappa shape index (κ1) is 26.1. The molecule has 6 nitrogen and oxygen atoms in total. The van der Waals surface area contributed by atoms with Gasteiger partial charge in [-0.3, -0.25) is 10.1 Å². The summed E-state index contributed by atoms with van der Waals surface area (Å²) < 4.78 is 39.9. The van der Waals surface area contributed by atoms with Crippen LogP contribution in [0, 0.1) is 0 Å². The van der Waals surface area contributed by atoms with Crippen LogP contribution in [-0.2, 0) is 17.3 Å². The predicted molar refractivity (Wildman–Crippen MR) is 121 cm³/mol. The number of aromatic nitrogens is 2. The van der Waals surface area contributed by atoms with Gasteiger partial charge >= 0.3 is 11.3 Å². The molecule has 1 amide bonds. The number of amides is 1. The molecule has 0 fully saturated rings. The van der Waals surface area contributed by atoms with Crippen molar-refractivity contribution in [3.8, 4) is 5.75 Å². The van der Waals surface area contributed by atoms with Gasteiger partial charge in [0.15, 0.2) is 5.75 Å². The van der Waals surface area contributed by atoms with Crippen LogP contribution in [0.4, 0.5) is 18.3 Å². The first-order valence-corrected chi connectivity index (χ1v) is 11.9. The van der Waals surface area contributed by atoms with Crippen LogP contribution < -0.4 is 15.6 Å². The SMILES string of the molecule is CCCC[s+]1c(NC(=O)c2cc(C(F)(F)F)ccc2ONC(C)(C)C)nnc1C(C)(C)C. The van der Waals surface area contributed by atoms with Gasteiger partial charge in [0.05, 0.1) is 16.5 Å².